The highest BCUT2D eigenvalue weighted by molar-refractivity contribution is 7.17. The van der Waals surface area contributed by atoms with Crippen molar-refractivity contribution in [3.8, 4) is 10.6 Å². The van der Waals surface area contributed by atoms with Crippen LogP contribution in [0.3, 0.4) is 0 Å². The van der Waals surface area contributed by atoms with Crippen molar-refractivity contribution in [2.75, 3.05) is 0 Å². The van der Waals surface area contributed by atoms with Crippen LogP contribution in [-0.4, -0.2) is 9.38 Å². The van der Waals surface area contributed by atoms with Gasteiger partial charge in [0.1, 0.15) is 5.69 Å². The van der Waals surface area contributed by atoms with Gasteiger partial charge in [0.15, 0.2) is 4.96 Å². The number of rotatable bonds is 1. The van der Waals surface area contributed by atoms with Gasteiger partial charge in [0.25, 0.3) is 0 Å². The molecule has 0 radical (unpaired) electrons. The van der Waals surface area contributed by atoms with Crippen LogP contribution in [0.1, 0.15) is 29.0 Å². The Morgan fingerprint density at radius 1 is 1.28 bits per heavy atom. The van der Waals surface area contributed by atoms with E-state index in [1.807, 2.05) is 11.3 Å². The Bertz CT molecular complexity index is 717. The molecule has 3 aromatic heterocycles. The second-order valence-electron chi connectivity index (χ2n) is 4.89. The first-order valence-corrected chi connectivity index (χ1v) is 8.06. The fraction of sp³-hybridized carbons (Fsp3) is 0.357. The summed E-state index contributed by atoms with van der Waals surface area (Å²) < 4.78 is 2.33. The third kappa shape index (κ3) is 1.49. The maximum absolute atomic E-state index is 4.81. The molecule has 3 aromatic rings. The Morgan fingerprint density at radius 2 is 2.17 bits per heavy atom. The first-order valence-electron chi connectivity index (χ1n) is 6.37. The van der Waals surface area contributed by atoms with Crippen molar-refractivity contribution in [1.29, 1.82) is 0 Å². The van der Waals surface area contributed by atoms with Gasteiger partial charge < -0.3 is 0 Å². The summed E-state index contributed by atoms with van der Waals surface area (Å²) in [6, 6.07) is 2.17. The summed E-state index contributed by atoms with van der Waals surface area (Å²) in [5.41, 5.74) is 3.98. The highest BCUT2D eigenvalue weighted by Crippen LogP contribution is 2.34. The minimum atomic E-state index is 1.14. The third-order valence-electron chi connectivity index (χ3n) is 3.66. The number of fused-ring (bicyclic) bond motifs is 3. The van der Waals surface area contributed by atoms with E-state index in [-0.39, 0.29) is 0 Å². The molecule has 0 unspecified atom stereocenters. The lowest BCUT2D eigenvalue weighted by Crippen LogP contribution is -2.01. The van der Waals surface area contributed by atoms with Crippen LogP contribution in [0, 0.1) is 6.92 Å². The molecule has 0 aromatic carbocycles. The quantitative estimate of drug-likeness (QED) is 0.646. The number of thiophene rings is 1. The minimum absolute atomic E-state index is 1.14. The van der Waals surface area contributed by atoms with E-state index >= 15 is 0 Å². The lowest BCUT2D eigenvalue weighted by molar-refractivity contribution is 0.674. The van der Waals surface area contributed by atoms with Gasteiger partial charge in [-0.3, -0.25) is 4.40 Å². The van der Waals surface area contributed by atoms with Crippen LogP contribution in [-0.2, 0) is 12.8 Å². The van der Waals surface area contributed by atoms with Gasteiger partial charge in [-0.25, -0.2) is 4.98 Å². The molecular formula is C14H14N2S2. The van der Waals surface area contributed by atoms with Crippen molar-refractivity contribution >= 4 is 27.6 Å². The van der Waals surface area contributed by atoms with Crippen molar-refractivity contribution in [3.05, 3.63) is 33.8 Å². The van der Waals surface area contributed by atoms with Gasteiger partial charge in [0.05, 0.1) is 4.88 Å². The fourth-order valence-electron chi connectivity index (χ4n) is 2.71. The van der Waals surface area contributed by atoms with Gasteiger partial charge in [0, 0.05) is 16.8 Å². The predicted molar refractivity (Wildman–Crippen MR) is 77.8 cm³/mol. The smallest absolute Gasteiger partial charge is 0.194 e. The number of thiazole rings is 1. The van der Waals surface area contributed by atoms with Crippen LogP contribution in [0.5, 0.6) is 0 Å². The van der Waals surface area contributed by atoms with Crippen LogP contribution in [0.25, 0.3) is 15.5 Å². The standard InChI is InChI=1S/C14H14N2S2/c1-9-6-7-17-13(9)10-8-16-11-4-2-3-5-12(11)18-14(16)15-10/h6-8H,2-5H2,1H3. The van der Waals surface area contributed by atoms with E-state index in [0.29, 0.717) is 0 Å². The summed E-state index contributed by atoms with van der Waals surface area (Å²) in [5.74, 6) is 0. The van der Waals surface area contributed by atoms with E-state index < -0.39 is 0 Å². The molecule has 0 fully saturated rings. The van der Waals surface area contributed by atoms with Crippen molar-refractivity contribution in [1.82, 2.24) is 9.38 Å². The minimum Gasteiger partial charge on any atom is -0.294 e. The zero-order chi connectivity index (χ0) is 12.1. The molecule has 3 heterocycles. The van der Waals surface area contributed by atoms with Crippen LogP contribution >= 0.6 is 22.7 Å². The van der Waals surface area contributed by atoms with Crippen LogP contribution in [0.4, 0.5) is 0 Å². The van der Waals surface area contributed by atoms with E-state index in [1.165, 1.54) is 46.8 Å². The molecule has 0 saturated carbocycles. The van der Waals surface area contributed by atoms with Gasteiger partial charge >= 0.3 is 0 Å². The third-order valence-corrected chi connectivity index (χ3v) is 5.86. The van der Waals surface area contributed by atoms with Crippen molar-refractivity contribution in [3.63, 3.8) is 0 Å². The molecule has 1 aliphatic carbocycles. The zero-order valence-electron chi connectivity index (χ0n) is 10.3. The van der Waals surface area contributed by atoms with E-state index in [1.54, 1.807) is 16.2 Å². The Kier molecular flexibility index (Phi) is 2.35. The van der Waals surface area contributed by atoms with Crippen LogP contribution in [0.15, 0.2) is 17.6 Å². The fourth-order valence-corrected chi connectivity index (χ4v) is 4.78. The summed E-state index contributed by atoms with van der Waals surface area (Å²) in [4.78, 5) is 8.85. The summed E-state index contributed by atoms with van der Waals surface area (Å²) in [6.07, 6.45) is 7.36. The van der Waals surface area contributed by atoms with Crippen molar-refractivity contribution in [2.45, 2.75) is 32.6 Å². The normalized spacial score (nSPS) is 15.2. The number of aromatic nitrogens is 2. The lowest BCUT2D eigenvalue weighted by Gasteiger charge is -2.09. The van der Waals surface area contributed by atoms with E-state index in [4.69, 9.17) is 4.98 Å². The Morgan fingerprint density at radius 3 is 3.00 bits per heavy atom. The molecule has 2 nitrogen and oxygen atoms in total. The van der Waals surface area contributed by atoms with Gasteiger partial charge in [0.2, 0.25) is 0 Å². The Labute approximate surface area is 114 Å². The maximum atomic E-state index is 4.81. The SMILES string of the molecule is Cc1ccsc1-c1cn2c3c(sc2n1)CCCC3. The molecule has 0 amide bonds. The average molecular weight is 274 g/mol. The van der Waals surface area contributed by atoms with Gasteiger partial charge in [-0.1, -0.05) is 0 Å². The molecular weight excluding hydrogens is 260 g/mol. The monoisotopic (exact) mass is 274 g/mol. The van der Waals surface area contributed by atoms with Crippen LogP contribution < -0.4 is 0 Å². The predicted octanol–water partition coefficient (Wildman–Crippen LogP) is 4.31. The first kappa shape index (κ1) is 10.8. The highest BCUT2D eigenvalue weighted by Gasteiger charge is 2.18. The number of imidazole rings is 1. The average Bonchev–Trinajstić information content (AvgIpc) is 3.01. The number of aryl methyl sites for hydroxylation is 3. The number of hydrogen-bond acceptors (Lipinski definition) is 3. The van der Waals surface area contributed by atoms with E-state index in [0.717, 1.165) is 5.69 Å². The molecule has 0 saturated heterocycles. The summed E-state index contributed by atoms with van der Waals surface area (Å²) in [7, 11) is 0. The molecule has 0 spiro atoms. The van der Waals surface area contributed by atoms with E-state index in [9.17, 15) is 0 Å². The molecule has 0 atom stereocenters. The maximum Gasteiger partial charge on any atom is 0.194 e. The lowest BCUT2D eigenvalue weighted by atomic mass is 10.0. The van der Waals surface area contributed by atoms with Crippen molar-refractivity contribution < 1.29 is 0 Å². The zero-order valence-corrected chi connectivity index (χ0v) is 11.9. The molecule has 18 heavy (non-hydrogen) atoms. The molecule has 0 N–H and O–H groups in total. The second-order valence-corrected chi connectivity index (χ2v) is 6.87. The summed E-state index contributed by atoms with van der Waals surface area (Å²) in [5, 5.41) is 2.15. The van der Waals surface area contributed by atoms with Gasteiger partial charge in [-0.15, -0.1) is 22.7 Å². The molecule has 0 aliphatic heterocycles. The molecule has 4 heteroatoms. The topological polar surface area (TPSA) is 17.3 Å². The van der Waals surface area contributed by atoms with Gasteiger partial charge in [-0.2, -0.15) is 0 Å². The summed E-state index contributed by atoms with van der Waals surface area (Å²) >= 11 is 3.67. The van der Waals surface area contributed by atoms with E-state index in [2.05, 4.69) is 29.0 Å². The highest BCUT2D eigenvalue weighted by atomic mass is 32.1. The second kappa shape index (κ2) is 3.93. The molecule has 92 valence electrons. The largest absolute Gasteiger partial charge is 0.294 e. The first-order chi connectivity index (χ1) is 8.83. The Hall–Kier alpha value is -1.13. The number of nitrogens with zero attached hydrogens (tertiary/aromatic N) is 2. The molecule has 4 rings (SSSR count). The number of hydrogen-bond donors (Lipinski definition) is 0. The van der Waals surface area contributed by atoms with Crippen molar-refractivity contribution in [2.24, 2.45) is 0 Å². The Balaban J connectivity index is 1.90. The summed E-state index contributed by atoms with van der Waals surface area (Å²) in [6.45, 7) is 2.16. The van der Waals surface area contributed by atoms with Gasteiger partial charge in [-0.05, 0) is 49.6 Å². The van der Waals surface area contributed by atoms with Crippen LogP contribution in [0.2, 0.25) is 0 Å². The molecule has 1 aliphatic rings. The molecule has 0 bridgehead atoms.